The molecule has 13 heavy (non-hydrogen) atoms. The van der Waals surface area contributed by atoms with Crippen molar-refractivity contribution >= 4 is 5.97 Å². The monoisotopic (exact) mass is 188 g/mol. The number of esters is 1. The molecule has 0 amide bonds. The summed E-state index contributed by atoms with van der Waals surface area (Å²) in [6.45, 7) is 6.87. The van der Waals surface area contributed by atoms with Crippen LogP contribution in [0, 0.1) is 0 Å². The van der Waals surface area contributed by atoms with Crippen LogP contribution in [0.3, 0.4) is 0 Å². The van der Waals surface area contributed by atoms with Gasteiger partial charge in [-0.2, -0.15) is 0 Å². The molecule has 3 nitrogen and oxygen atoms in total. The van der Waals surface area contributed by atoms with E-state index in [-0.39, 0.29) is 5.97 Å². The van der Waals surface area contributed by atoms with E-state index in [2.05, 4.69) is 25.6 Å². The summed E-state index contributed by atoms with van der Waals surface area (Å²) in [4.78, 5) is 11.1. The topological polar surface area (TPSA) is 26.3 Å². The SMILES string of the molecule is CCC[N+](C)(CCC)CC(=O)OC. The van der Waals surface area contributed by atoms with Gasteiger partial charge in [-0.3, -0.25) is 0 Å². The van der Waals surface area contributed by atoms with E-state index in [1.807, 2.05) is 0 Å². The Bertz CT molecular complexity index is 151. The number of quaternary nitrogens is 1. The van der Waals surface area contributed by atoms with Crippen molar-refractivity contribution < 1.29 is 14.0 Å². The fourth-order valence-electron chi connectivity index (χ4n) is 1.73. The Morgan fingerprint density at radius 2 is 1.69 bits per heavy atom. The van der Waals surface area contributed by atoms with Gasteiger partial charge in [-0.25, -0.2) is 4.79 Å². The molecular formula is C10H22NO2+. The van der Waals surface area contributed by atoms with Gasteiger partial charge in [0.25, 0.3) is 0 Å². The van der Waals surface area contributed by atoms with Gasteiger partial charge in [0.15, 0.2) is 6.54 Å². The van der Waals surface area contributed by atoms with Gasteiger partial charge < -0.3 is 9.22 Å². The Labute approximate surface area is 81.3 Å². The molecule has 0 aromatic heterocycles. The Kier molecular flexibility index (Phi) is 5.71. The smallest absolute Gasteiger partial charge is 0.361 e. The molecule has 0 rings (SSSR count). The van der Waals surface area contributed by atoms with Crippen LogP contribution in [0.25, 0.3) is 0 Å². The minimum absolute atomic E-state index is 0.107. The molecule has 0 radical (unpaired) electrons. The summed E-state index contributed by atoms with van der Waals surface area (Å²) in [6.07, 6.45) is 2.21. The van der Waals surface area contributed by atoms with Crippen LogP contribution >= 0.6 is 0 Å². The van der Waals surface area contributed by atoms with Crippen molar-refractivity contribution in [1.29, 1.82) is 0 Å². The summed E-state index contributed by atoms with van der Waals surface area (Å²) >= 11 is 0. The number of carbonyl (C=O) groups is 1. The molecule has 0 N–H and O–H groups in total. The van der Waals surface area contributed by atoms with E-state index in [0.29, 0.717) is 6.54 Å². The first-order valence-corrected chi connectivity index (χ1v) is 4.98. The number of nitrogens with zero attached hydrogens (tertiary/aromatic N) is 1. The lowest BCUT2D eigenvalue weighted by atomic mass is 10.3. The van der Waals surface area contributed by atoms with Crippen molar-refractivity contribution in [2.24, 2.45) is 0 Å². The highest BCUT2D eigenvalue weighted by Crippen LogP contribution is 2.05. The molecule has 0 aliphatic heterocycles. The van der Waals surface area contributed by atoms with Crippen molar-refractivity contribution in [1.82, 2.24) is 0 Å². The molecule has 0 aromatic carbocycles. The van der Waals surface area contributed by atoms with Gasteiger partial charge in [-0.15, -0.1) is 0 Å². The first-order chi connectivity index (χ1) is 6.08. The fraction of sp³-hybridized carbons (Fsp3) is 0.900. The maximum absolute atomic E-state index is 11.1. The normalized spacial score (nSPS) is 11.4. The maximum atomic E-state index is 11.1. The molecule has 0 spiro atoms. The van der Waals surface area contributed by atoms with Crippen molar-refractivity contribution in [2.45, 2.75) is 26.7 Å². The van der Waals surface area contributed by atoms with Crippen LogP contribution in [-0.2, 0) is 9.53 Å². The van der Waals surface area contributed by atoms with Crippen molar-refractivity contribution in [2.75, 3.05) is 33.8 Å². The Hall–Kier alpha value is -0.570. The highest BCUT2D eigenvalue weighted by Gasteiger charge is 2.23. The molecule has 0 fully saturated rings. The molecular weight excluding hydrogens is 166 g/mol. The van der Waals surface area contributed by atoms with Gasteiger partial charge in [0.1, 0.15) is 0 Å². The molecule has 0 aliphatic carbocycles. The maximum Gasteiger partial charge on any atom is 0.361 e. The predicted octanol–water partition coefficient (Wildman–Crippen LogP) is 1.43. The van der Waals surface area contributed by atoms with Gasteiger partial charge in [0.2, 0.25) is 0 Å². The number of likely N-dealkylation sites (N-methyl/N-ethyl adjacent to an activating group) is 1. The quantitative estimate of drug-likeness (QED) is 0.465. The van der Waals surface area contributed by atoms with Crippen molar-refractivity contribution in [3.05, 3.63) is 0 Å². The molecule has 0 saturated carbocycles. The van der Waals surface area contributed by atoms with Crippen molar-refractivity contribution in [3.8, 4) is 0 Å². The van der Waals surface area contributed by atoms with Crippen LogP contribution < -0.4 is 0 Å². The summed E-state index contributed by atoms with van der Waals surface area (Å²) in [5, 5.41) is 0. The molecule has 0 bridgehead atoms. The molecule has 0 aliphatic rings. The summed E-state index contributed by atoms with van der Waals surface area (Å²) in [7, 11) is 3.56. The summed E-state index contributed by atoms with van der Waals surface area (Å²) in [5.74, 6) is -0.107. The number of carbonyl (C=O) groups excluding carboxylic acids is 1. The van der Waals surface area contributed by atoms with Crippen LogP contribution in [0.5, 0.6) is 0 Å². The van der Waals surface area contributed by atoms with Crippen LogP contribution in [-0.4, -0.2) is 44.2 Å². The lowest BCUT2D eigenvalue weighted by Crippen LogP contribution is -2.48. The second kappa shape index (κ2) is 5.97. The second-order valence-corrected chi connectivity index (χ2v) is 3.80. The number of rotatable bonds is 6. The Morgan fingerprint density at radius 3 is 2.00 bits per heavy atom. The van der Waals surface area contributed by atoms with E-state index in [4.69, 9.17) is 0 Å². The first-order valence-electron chi connectivity index (χ1n) is 4.98. The van der Waals surface area contributed by atoms with Crippen LogP contribution in [0.4, 0.5) is 0 Å². The Morgan fingerprint density at radius 1 is 1.23 bits per heavy atom. The van der Waals surface area contributed by atoms with Gasteiger partial charge in [-0.1, -0.05) is 13.8 Å². The Balaban J connectivity index is 4.13. The lowest BCUT2D eigenvalue weighted by molar-refractivity contribution is -0.902. The van der Waals surface area contributed by atoms with Gasteiger partial charge in [0.05, 0.1) is 27.2 Å². The zero-order valence-electron chi connectivity index (χ0n) is 9.30. The largest absolute Gasteiger partial charge is 0.465 e. The average Bonchev–Trinajstić information content (AvgIpc) is 2.04. The first kappa shape index (κ1) is 12.4. The third-order valence-corrected chi connectivity index (χ3v) is 2.27. The second-order valence-electron chi connectivity index (χ2n) is 3.80. The summed E-state index contributed by atoms with van der Waals surface area (Å²) in [5.41, 5.74) is 0. The van der Waals surface area contributed by atoms with Gasteiger partial charge in [0, 0.05) is 0 Å². The van der Waals surface area contributed by atoms with E-state index < -0.39 is 0 Å². The number of hydrogen-bond acceptors (Lipinski definition) is 2. The number of methoxy groups -OCH3 is 1. The average molecular weight is 188 g/mol. The van der Waals surface area contributed by atoms with Crippen LogP contribution in [0.1, 0.15) is 26.7 Å². The van der Waals surface area contributed by atoms with Gasteiger partial charge >= 0.3 is 5.97 Å². The highest BCUT2D eigenvalue weighted by molar-refractivity contribution is 5.70. The fourth-order valence-corrected chi connectivity index (χ4v) is 1.73. The molecule has 3 heteroatoms. The van der Waals surface area contributed by atoms with Crippen LogP contribution in [0.2, 0.25) is 0 Å². The zero-order chi connectivity index (χ0) is 10.3. The van der Waals surface area contributed by atoms with E-state index in [1.54, 1.807) is 0 Å². The number of ether oxygens (including phenoxy) is 1. The third kappa shape index (κ3) is 4.88. The zero-order valence-corrected chi connectivity index (χ0v) is 9.30. The minimum Gasteiger partial charge on any atom is -0.465 e. The molecule has 78 valence electrons. The van der Waals surface area contributed by atoms with E-state index >= 15 is 0 Å². The third-order valence-electron chi connectivity index (χ3n) is 2.27. The van der Waals surface area contributed by atoms with E-state index in [9.17, 15) is 4.79 Å². The van der Waals surface area contributed by atoms with E-state index in [1.165, 1.54) is 7.11 Å². The highest BCUT2D eigenvalue weighted by atomic mass is 16.5. The molecule has 0 unspecified atom stereocenters. The lowest BCUT2D eigenvalue weighted by Gasteiger charge is -2.32. The number of hydrogen-bond donors (Lipinski definition) is 0. The summed E-state index contributed by atoms with van der Waals surface area (Å²) < 4.78 is 5.49. The minimum atomic E-state index is -0.107. The van der Waals surface area contributed by atoms with Gasteiger partial charge in [-0.05, 0) is 12.8 Å². The predicted molar refractivity (Wildman–Crippen MR) is 53.4 cm³/mol. The molecule has 0 aromatic rings. The van der Waals surface area contributed by atoms with E-state index in [0.717, 1.165) is 30.4 Å². The van der Waals surface area contributed by atoms with Crippen LogP contribution in [0.15, 0.2) is 0 Å². The van der Waals surface area contributed by atoms with Crippen molar-refractivity contribution in [3.63, 3.8) is 0 Å². The molecule has 0 saturated heterocycles. The summed E-state index contributed by atoms with van der Waals surface area (Å²) in [6, 6.07) is 0. The molecule has 0 atom stereocenters. The standard InChI is InChI=1S/C10H22NO2/c1-5-7-11(3,8-6-2)9-10(12)13-4/h5-9H2,1-4H3/q+1. The molecule has 0 heterocycles.